The van der Waals surface area contributed by atoms with Crippen molar-refractivity contribution in [1.82, 2.24) is 4.86 Å². The number of halogens is 5. The minimum absolute atomic E-state index is 0.734. The molecule has 0 bridgehead atoms. The molecule has 0 saturated carbocycles. The van der Waals surface area contributed by atoms with E-state index in [4.69, 9.17) is 13.6 Å². The van der Waals surface area contributed by atoms with Gasteiger partial charge in [-0.15, -0.1) is 9.03 Å². The van der Waals surface area contributed by atoms with Crippen molar-refractivity contribution in [1.29, 1.82) is 0 Å². The highest BCUT2D eigenvalue weighted by atomic mass is 31.3. The molecule has 1 aliphatic rings. The van der Waals surface area contributed by atoms with Gasteiger partial charge >= 0.3 is 23.2 Å². The molecule has 0 amide bonds. The zero-order chi connectivity index (χ0) is 22.9. The van der Waals surface area contributed by atoms with E-state index in [1.807, 2.05) is 0 Å². The van der Waals surface area contributed by atoms with Crippen molar-refractivity contribution in [3.8, 4) is 0 Å². The van der Waals surface area contributed by atoms with Crippen LogP contribution in [-0.4, -0.2) is 31.3 Å². The van der Waals surface area contributed by atoms with Gasteiger partial charge in [0.15, 0.2) is 0 Å². The third kappa shape index (κ3) is 9.80. The van der Waals surface area contributed by atoms with Crippen molar-refractivity contribution in [3.63, 3.8) is 0 Å². The Morgan fingerprint density at radius 3 is 1.31 bits per heavy atom. The van der Waals surface area contributed by atoms with Crippen LogP contribution in [0.2, 0.25) is 0 Å². The van der Waals surface area contributed by atoms with Crippen molar-refractivity contribution >= 4 is 44.5 Å². The molecule has 174 valence electrons. The predicted molar refractivity (Wildman–Crippen MR) is 115 cm³/mol. The quantitative estimate of drug-likeness (QED) is 0.275. The first-order valence-corrected chi connectivity index (χ1v) is 16.8. The van der Waals surface area contributed by atoms with Crippen LogP contribution in [0.25, 0.3) is 0 Å². The van der Waals surface area contributed by atoms with E-state index >= 15 is 12.6 Å². The van der Waals surface area contributed by atoms with Crippen LogP contribution >= 0.6 is 38.2 Å². The highest BCUT2D eigenvalue weighted by Crippen LogP contribution is 2.79. The summed E-state index contributed by atoms with van der Waals surface area (Å²) in [6.45, 7) is 8.96. The largest absolute Gasteiger partial charge is 0.388 e. The molecule has 5 atom stereocenters. The second kappa shape index (κ2) is 9.68. The molecule has 0 aromatic rings. The number of nitrogens with one attached hydrogen (secondary N) is 1. The number of hydrogen-bond donors (Lipinski definition) is 1. The Balaban J connectivity index is 4.06. The number of nitrogens with zero attached hydrogens (tertiary/aromatic N) is 4. The monoisotopic (exact) mass is 527 g/mol. The maximum Gasteiger partial charge on any atom is 0.388 e. The summed E-state index contributed by atoms with van der Waals surface area (Å²) in [6.07, 6.45) is 0.284. The van der Waals surface area contributed by atoms with E-state index in [1.54, 1.807) is 4.86 Å². The molecule has 0 aromatic carbocycles. The van der Waals surface area contributed by atoms with Crippen LogP contribution in [0.4, 0.5) is 21.0 Å². The first kappa shape index (κ1) is 27.7. The van der Waals surface area contributed by atoms with Crippen LogP contribution in [0.1, 0.15) is 41.5 Å². The lowest BCUT2D eigenvalue weighted by atomic mass is 10.5. The molecular weight excluding hydrogens is 500 g/mol. The topological polar surface area (TPSA) is 89.2 Å². The molecule has 8 nitrogen and oxygen atoms in total. The first-order chi connectivity index (χ1) is 12.8. The van der Waals surface area contributed by atoms with Crippen LogP contribution in [0.3, 0.4) is 0 Å². The second-order valence-electron chi connectivity index (χ2n) is 6.87. The standard InChI is InChI=1S/C11H27F5N5O3P5/c1-9(2)22-27(14)18-25(7,12)17-26(8,13)19-28(15,23-10(3)4)21-29(16,20-27)24-11(5)6/h9-11,17H,7H2,1-6,8H3. The minimum Gasteiger partial charge on any atom is -0.300 e. The Morgan fingerprint density at radius 2 is 0.966 bits per heavy atom. The van der Waals surface area contributed by atoms with Gasteiger partial charge in [-0.1, -0.05) is 0 Å². The molecule has 1 N–H and O–H groups in total. The van der Waals surface area contributed by atoms with Crippen LogP contribution in [0, 0.1) is 0 Å². The van der Waals surface area contributed by atoms with Gasteiger partial charge in [-0.3, -0.25) is 0 Å². The lowest BCUT2D eigenvalue weighted by molar-refractivity contribution is 0.239. The number of hydrogen-bond acceptors (Lipinski definition) is 8. The zero-order valence-corrected chi connectivity index (χ0v) is 21.6. The molecule has 0 saturated heterocycles. The lowest BCUT2D eigenvalue weighted by Crippen LogP contribution is -2.04. The Hall–Kier alpha value is 0.710. The average Bonchev–Trinajstić information content (AvgIpc) is 2.26. The van der Waals surface area contributed by atoms with Crippen LogP contribution < -0.4 is 4.86 Å². The van der Waals surface area contributed by atoms with Crippen LogP contribution in [0.5, 0.6) is 0 Å². The highest BCUT2D eigenvalue weighted by molar-refractivity contribution is 7.84. The van der Waals surface area contributed by atoms with E-state index in [2.05, 4.69) is 24.4 Å². The zero-order valence-electron chi connectivity index (χ0n) is 17.1. The van der Waals surface area contributed by atoms with E-state index in [0.717, 1.165) is 6.66 Å². The molecule has 18 heteroatoms. The minimum atomic E-state index is -5.20. The fourth-order valence-corrected chi connectivity index (χ4v) is 14.5. The van der Waals surface area contributed by atoms with Gasteiger partial charge in [0.1, 0.15) is 0 Å². The molecule has 1 aliphatic heterocycles. The van der Waals surface area contributed by atoms with Gasteiger partial charge in [-0.2, -0.15) is 34.9 Å². The van der Waals surface area contributed by atoms with Crippen molar-refractivity contribution in [3.05, 3.63) is 0 Å². The van der Waals surface area contributed by atoms with Crippen molar-refractivity contribution < 1.29 is 34.6 Å². The van der Waals surface area contributed by atoms with Gasteiger partial charge in [0.05, 0.1) is 18.3 Å². The Kier molecular flexibility index (Phi) is 9.27. The smallest absolute Gasteiger partial charge is 0.300 e. The van der Waals surface area contributed by atoms with Gasteiger partial charge in [-0.25, -0.2) is 0 Å². The van der Waals surface area contributed by atoms with Crippen molar-refractivity contribution in [2.75, 3.05) is 6.66 Å². The summed E-state index contributed by atoms with van der Waals surface area (Å²) in [7, 11) is -24.7. The average molecular weight is 527 g/mol. The van der Waals surface area contributed by atoms with Crippen molar-refractivity contribution in [2.24, 2.45) is 18.1 Å². The molecular formula is C11H27F5N5O3P5. The van der Waals surface area contributed by atoms with Crippen LogP contribution in [-0.2, 0) is 13.6 Å². The Labute approximate surface area is 169 Å². The maximum atomic E-state index is 15.6. The molecule has 5 unspecified atom stereocenters. The normalized spacial score (nSPS) is 41.5. The maximum absolute atomic E-state index is 15.6. The highest BCUT2D eigenvalue weighted by Gasteiger charge is 2.40. The second-order valence-corrected chi connectivity index (χ2v) is 17.1. The summed E-state index contributed by atoms with van der Waals surface area (Å²) in [6, 6.07) is 0. The molecule has 0 spiro atoms. The summed E-state index contributed by atoms with van der Waals surface area (Å²) in [5, 5.41) is 0. The Morgan fingerprint density at radius 1 is 0.655 bits per heavy atom. The summed E-state index contributed by atoms with van der Waals surface area (Å²) in [5.41, 5.74) is 0. The van der Waals surface area contributed by atoms with E-state index in [0.29, 0.717) is 0 Å². The van der Waals surface area contributed by atoms with Crippen molar-refractivity contribution in [2.45, 2.75) is 59.9 Å². The molecule has 0 aromatic heterocycles. The predicted octanol–water partition coefficient (Wildman–Crippen LogP) is 9.41. The van der Waals surface area contributed by atoms with Crippen LogP contribution in [0.15, 0.2) is 18.1 Å². The fraction of sp³-hybridized carbons (Fsp3) is 0.909. The third-order valence-electron chi connectivity index (χ3n) is 2.34. The first-order valence-electron chi connectivity index (χ1n) is 8.37. The van der Waals surface area contributed by atoms with Gasteiger partial charge in [0.25, 0.3) is 0 Å². The fourth-order valence-electron chi connectivity index (χ4n) is 1.96. The third-order valence-corrected chi connectivity index (χ3v) is 14.9. The molecule has 1 heterocycles. The van der Waals surface area contributed by atoms with E-state index < -0.39 is 56.6 Å². The summed E-state index contributed by atoms with van der Waals surface area (Å²) in [5.74, 6) is 0. The molecule has 0 radical (unpaired) electrons. The summed E-state index contributed by atoms with van der Waals surface area (Å²) >= 11 is 0. The summed E-state index contributed by atoms with van der Waals surface area (Å²) < 4.78 is 104. The number of rotatable bonds is 6. The van der Waals surface area contributed by atoms with E-state index in [1.165, 1.54) is 41.5 Å². The lowest BCUT2D eigenvalue weighted by Gasteiger charge is -2.26. The van der Waals surface area contributed by atoms with Gasteiger partial charge in [0, 0.05) is 6.66 Å². The van der Waals surface area contributed by atoms with Gasteiger partial charge in [-0.05, 0) is 47.8 Å². The Bertz CT molecular complexity index is 887. The van der Waals surface area contributed by atoms with E-state index in [-0.39, 0.29) is 0 Å². The molecule has 1 rings (SSSR count). The summed E-state index contributed by atoms with van der Waals surface area (Å²) in [4.78, 5) is 1.72. The molecule has 29 heavy (non-hydrogen) atoms. The van der Waals surface area contributed by atoms with Gasteiger partial charge < -0.3 is 13.6 Å². The van der Waals surface area contributed by atoms with E-state index in [9.17, 15) is 8.39 Å². The molecule has 0 aliphatic carbocycles. The molecule has 0 fully saturated rings. The SMILES string of the molecule is C=P1(F)N=P(F)(OC(C)C)N=P(F)(OC(C)C)N=P(F)(OC(C)C)N=P(C)(F)N1. The van der Waals surface area contributed by atoms with Gasteiger partial charge in [0.2, 0.25) is 15.0 Å².